The molecule has 1 aliphatic heterocycles. The molecule has 3 aromatic rings. The van der Waals surface area contributed by atoms with Gasteiger partial charge in [0.1, 0.15) is 17.8 Å². The number of nitrogens with two attached hydrogens (primary N) is 1. The Labute approximate surface area is 174 Å². The van der Waals surface area contributed by atoms with Crippen LogP contribution in [0.15, 0.2) is 49.3 Å². The van der Waals surface area contributed by atoms with E-state index >= 15 is 0 Å². The third-order valence-corrected chi connectivity index (χ3v) is 5.11. The van der Waals surface area contributed by atoms with Gasteiger partial charge in [-0.3, -0.25) is 4.79 Å². The van der Waals surface area contributed by atoms with Crippen LogP contribution < -0.4 is 11.1 Å². The molecule has 3 heterocycles. The van der Waals surface area contributed by atoms with Crippen LogP contribution in [0.3, 0.4) is 0 Å². The van der Waals surface area contributed by atoms with Crippen molar-refractivity contribution in [2.24, 2.45) is 0 Å². The van der Waals surface area contributed by atoms with E-state index in [0.717, 1.165) is 25.1 Å². The van der Waals surface area contributed by atoms with Gasteiger partial charge >= 0.3 is 0 Å². The second-order valence-corrected chi connectivity index (χ2v) is 7.06. The number of anilines is 2. The molecule has 1 aromatic carbocycles. The maximum absolute atomic E-state index is 12.1. The highest BCUT2D eigenvalue weighted by atomic mass is 16.2. The number of aromatic nitrogens is 4. The molecule has 4 rings (SSSR count). The summed E-state index contributed by atoms with van der Waals surface area (Å²) in [5.41, 5.74) is 8.31. The van der Waals surface area contributed by atoms with Crippen molar-refractivity contribution >= 4 is 28.4 Å². The van der Waals surface area contributed by atoms with Crippen LogP contribution in [0, 0.1) is 11.8 Å². The predicted octanol–water partition coefficient (Wildman–Crippen LogP) is 2.22. The van der Waals surface area contributed by atoms with Crippen molar-refractivity contribution in [2.45, 2.75) is 18.9 Å². The molecule has 1 fully saturated rings. The highest BCUT2D eigenvalue weighted by molar-refractivity contribution is 5.90. The first-order chi connectivity index (χ1) is 14.7. The van der Waals surface area contributed by atoms with E-state index in [1.165, 1.54) is 12.4 Å². The molecule has 0 unspecified atom stereocenters. The lowest BCUT2D eigenvalue weighted by Gasteiger charge is -2.32. The summed E-state index contributed by atoms with van der Waals surface area (Å²) >= 11 is 0. The van der Waals surface area contributed by atoms with Gasteiger partial charge in [0, 0.05) is 18.8 Å². The highest BCUT2D eigenvalue weighted by Crippen LogP contribution is 2.28. The van der Waals surface area contributed by atoms with Gasteiger partial charge in [0.2, 0.25) is 5.91 Å². The van der Waals surface area contributed by atoms with E-state index in [9.17, 15) is 4.79 Å². The number of hydrogen-bond acceptors (Lipinski definition) is 6. The number of nitrogens with zero attached hydrogens (tertiary/aromatic N) is 5. The zero-order chi connectivity index (χ0) is 20.9. The zero-order valence-corrected chi connectivity index (χ0v) is 16.6. The Morgan fingerprint density at radius 1 is 1.33 bits per heavy atom. The lowest BCUT2D eigenvalue weighted by atomic mass is 10.1. The van der Waals surface area contributed by atoms with E-state index in [4.69, 9.17) is 10.8 Å². The number of carbonyl (C=O) groups is 1. The van der Waals surface area contributed by atoms with Crippen LogP contribution >= 0.6 is 0 Å². The minimum atomic E-state index is -0.0719. The lowest BCUT2D eigenvalue weighted by molar-refractivity contribution is -0.127. The molecule has 0 radical (unpaired) electrons. The quantitative estimate of drug-likeness (QED) is 0.513. The van der Waals surface area contributed by atoms with Gasteiger partial charge in [-0.15, -0.1) is 0 Å². The van der Waals surface area contributed by atoms with E-state index in [1.54, 1.807) is 4.90 Å². The van der Waals surface area contributed by atoms with Crippen molar-refractivity contribution in [3.63, 3.8) is 0 Å². The standard InChI is InChI=1S/C22H23N7O/c1-2-19(30)28-13-7-10-17(14-28)29-22-20(21(23)25-15-26-22)18(27-29)11-6-12-24-16-8-4-3-5-9-16/h2-5,8-9,15,17,24H,1,7,10,12-14H2,(H2,23,25,26)/t17-/m1/s1. The summed E-state index contributed by atoms with van der Waals surface area (Å²) in [4.78, 5) is 22.4. The Bertz CT molecular complexity index is 1130. The summed E-state index contributed by atoms with van der Waals surface area (Å²) < 4.78 is 1.84. The fraction of sp³-hybridized carbons (Fsp3) is 0.273. The number of piperidine rings is 1. The molecule has 8 heteroatoms. The molecule has 1 atom stereocenters. The Morgan fingerprint density at radius 2 is 2.17 bits per heavy atom. The topological polar surface area (TPSA) is 102 Å². The maximum atomic E-state index is 12.1. The fourth-order valence-corrected chi connectivity index (χ4v) is 3.65. The molecule has 2 aromatic heterocycles. The Hall–Kier alpha value is -3.86. The van der Waals surface area contributed by atoms with E-state index in [-0.39, 0.29) is 11.9 Å². The first kappa shape index (κ1) is 19.5. The van der Waals surface area contributed by atoms with Crippen LogP contribution in [-0.2, 0) is 4.79 Å². The van der Waals surface area contributed by atoms with E-state index in [1.807, 2.05) is 35.0 Å². The van der Waals surface area contributed by atoms with Crippen LogP contribution in [-0.4, -0.2) is 50.2 Å². The predicted molar refractivity (Wildman–Crippen MR) is 117 cm³/mol. The van der Waals surface area contributed by atoms with Crippen molar-refractivity contribution in [3.05, 3.63) is 55.0 Å². The van der Waals surface area contributed by atoms with Crippen LogP contribution in [0.1, 0.15) is 24.6 Å². The summed E-state index contributed by atoms with van der Waals surface area (Å²) in [6, 6.07) is 9.86. The number of carbonyl (C=O) groups excluding carboxylic acids is 1. The Balaban J connectivity index is 1.61. The van der Waals surface area contributed by atoms with Crippen molar-refractivity contribution in [1.29, 1.82) is 0 Å². The number of nitrogens with one attached hydrogen (secondary N) is 1. The highest BCUT2D eigenvalue weighted by Gasteiger charge is 2.27. The molecule has 0 aliphatic carbocycles. The molecule has 1 aliphatic rings. The summed E-state index contributed by atoms with van der Waals surface area (Å²) in [5.74, 6) is 6.47. The summed E-state index contributed by atoms with van der Waals surface area (Å²) in [5, 5.41) is 8.61. The number of rotatable bonds is 4. The molecule has 1 amide bonds. The lowest BCUT2D eigenvalue weighted by Crippen LogP contribution is -2.40. The van der Waals surface area contributed by atoms with Crippen molar-refractivity contribution in [3.8, 4) is 11.8 Å². The van der Waals surface area contributed by atoms with Gasteiger partial charge in [-0.2, -0.15) is 5.10 Å². The van der Waals surface area contributed by atoms with Crippen molar-refractivity contribution < 1.29 is 4.79 Å². The van der Waals surface area contributed by atoms with E-state index in [0.29, 0.717) is 35.6 Å². The summed E-state index contributed by atoms with van der Waals surface area (Å²) in [7, 11) is 0. The Kier molecular flexibility index (Phi) is 5.61. The molecular formula is C22H23N7O. The average molecular weight is 401 g/mol. The summed E-state index contributed by atoms with van der Waals surface area (Å²) in [6.07, 6.45) is 4.55. The van der Waals surface area contributed by atoms with Gasteiger partial charge in [0.25, 0.3) is 0 Å². The Morgan fingerprint density at radius 3 is 2.97 bits per heavy atom. The zero-order valence-electron chi connectivity index (χ0n) is 16.6. The number of para-hydroxylation sites is 1. The number of likely N-dealkylation sites (tertiary alicyclic amines) is 1. The van der Waals surface area contributed by atoms with Crippen LogP contribution in [0.4, 0.5) is 11.5 Å². The molecule has 0 saturated carbocycles. The summed E-state index contributed by atoms with van der Waals surface area (Å²) in [6.45, 7) is 5.32. The van der Waals surface area contributed by atoms with E-state index in [2.05, 4.69) is 33.7 Å². The second-order valence-electron chi connectivity index (χ2n) is 7.06. The van der Waals surface area contributed by atoms with Gasteiger partial charge in [-0.1, -0.05) is 30.7 Å². The van der Waals surface area contributed by atoms with E-state index < -0.39 is 0 Å². The van der Waals surface area contributed by atoms with Gasteiger partial charge in [-0.05, 0) is 37.0 Å². The number of nitrogen functional groups attached to an aromatic ring is 1. The molecule has 152 valence electrons. The molecule has 3 N–H and O–H groups in total. The van der Waals surface area contributed by atoms with Gasteiger partial charge in [0.15, 0.2) is 5.65 Å². The monoisotopic (exact) mass is 401 g/mol. The first-order valence-electron chi connectivity index (χ1n) is 9.85. The van der Waals surface area contributed by atoms with Gasteiger partial charge in [0.05, 0.1) is 18.0 Å². The van der Waals surface area contributed by atoms with Crippen molar-refractivity contribution in [1.82, 2.24) is 24.6 Å². The van der Waals surface area contributed by atoms with Gasteiger partial charge in [-0.25, -0.2) is 14.6 Å². The average Bonchev–Trinajstić information content (AvgIpc) is 3.17. The molecule has 0 spiro atoms. The molecule has 8 nitrogen and oxygen atoms in total. The van der Waals surface area contributed by atoms with Crippen LogP contribution in [0.25, 0.3) is 11.0 Å². The normalized spacial score (nSPS) is 16.0. The van der Waals surface area contributed by atoms with Crippen molar-refractivity contribution in [2.75, 3.05) is 30.7 Å². The number of benzene rings is 1. The minimum Gasteiger partial charge on any atom is -0.383 e. The first-order valence-corrected chi connectivity index (χ1v) is 9.85. The maximum Gasteiger partial charge on any atom is 0.246 e. The SMILES string of the molecule is C=CC(=O)N1CCC[C@@H](n2nc(C#CCNc3ccccc3)c3c(N)ncnc32)C1. The number of fused-ring (bicyclic) bond motifs is 1. The second kappa shape index (κ2) is 8.66. The molecule has 1 saturated heterocycles. The fourth-order valence-electron chi connectivity index (χ4n) is 3.65. The third kappa shape index (κ3) is 3.96. The molecule has 0 bridgehead atoms. The number of hydrogen-bond donors (Lipinski definition) is 2. The van der Waals surface area contributed by atoms with Crippen LogP contribution in [0.5, 0.6) is 0 Å². The number of amides is 1. The van der Waals surface area contributed by atoms with Gasteiger partial charge < -0.3 is 16.0 Å². The minimum absolute atomic E-state index is 0.00237. The molecule has 30 heavy (non-hydrogen) atoms. The third-order valence-electron chi connectivity index (χ3n) is 5.11. The van der Waals surface area contributed by atoms with Crippen LogP contribution in [0.2, 0.25) is 0 Å². The largest absolute Gasteiger partial charge is 0.383 e. The molecular weight excluding hydrogens is 378 g/mol. The smallest absolute Gasteiger partial charge is 0.246 e.